The van der Waals surface area contributed by atoms with Crippen LogP contribution >= 0.6 is 0 Å². The molecule has 0 fully saturated rings. The number of fused-ring (bicyclic) bond motifs is 2. The van der Waals surface area contributed by atoms with Gasteiger partial charge in [-0.15, -0.1) is 0 Å². The van der Waals surface area contributed by atoms with Gasteiger partial charge in [0.05, 0.1) is 12.3 Å². The number of aromatic nitrogens is 2. The highest BCUT2D eigenvalue weighted by molar-refractivity contribution is 5.60. The maximum absolute atomic E-state index is 9.53. The van der Waals surface area contributed by atoms with Gasteiger partial charge in [-0.3, -0.25) is 0 Å². The number of nitrogens with zero attached hydrogens (tertiary/aromatic N) is 2. The first kappa shape index (κ1) is 12.2. The summed E-state index contributed by atoms with van der Waals surface area (Å²) in [5, 5.41) is 9.53. The lowest BCUT2D eigenvalue weighted by molar-refractivity contribution is 0.275. The van der Waals surface area contributed by atoms with E-state index in [0.717, 1.165) is 24.5 Å². The quantitative estimate of drug-likeness (QED) is 0.909. The molecule has 0 radical (unpaired) electrons. The Hall–Kier alpha value is -1.61. The highest BCUT2D eigenvalue weighted by atomic mass is 16.3. The zero-order valence-electron chi connectivity index (χ0n) is 11.7. The largest absolute Gasteiger partial charge is 0.390 e. The summed E-state index contributed by atoms with van der Waals surface area (Å²) in [5.41, 5.74) is 6.32. The second-order valence-corrected chi connectivity index (χ2v) is 5.93. The van der Waals surface area contributed by atoms with Crippen LogP contribution in [0.4, 0.5) is 0 Å². The monoisotopic (exact) mass is 268 g/mol. The minimum Gasteiger partial charge on any atom is -0.390 e. The molecule has 0 amide bonds. The van der Waals surface area contributed by atoms with Gasteiger partial charge in [0.15, 0.2) is 0 Å². The van der Waals surface area contributed by atoms with E-state index in [9.17, 15) is 5.11 Å². The van der Waals surface area contributed by atoms with Gasteiger partial charge >= 0.3 is 0 Å². The predicted molar refractivity (Wildman–Crippen MR) is 78.5 cm³/mol. The molecule has 0 saturated carbocycles. The summed E-state index contributed by atoms with van der Waals surface area (Å²) in [7, 11) is 0. The molecule has 1 N–H and O–H groups in total. The molecule has 1 aliphatic carbocycles. The van der Waals surface area contributed by atoms with Gasteiger partial charge in [-0.1, -0.05) is 12.1 Å². The Labute approximate surface area is 119 Å². The molecule has 1 aromatic carbocycles. The van der Waals surface area contributed by atoms with Gasteiger partial charge in [0.25, 0.3) is 0 Å². The second kappa shape index (κ2) is 4.74. The van der Waals surface area contributed by atoms with Crippen molar-refractivity contribution < 1.29 is 5.11 Å². The molecular weight excluding hydrogens is 248 g/mol. The molecule has 4 rings (SSSR count). The fourth-order valence-electron chi connectivity index (χ4n) is 3.68. The molecule has 1 aliphatic heterocycles. The van der Waals surface area contributed by atoms with Crippen LogP contribution < -0.4 is 0 Å². The maximum Gasteiger partial charge on any atom is 0.140 e. The Morgan fingerprint density at radius 3 is 2.85 bits per heavy atom. The van der Waals surface area contributed by atoms with Crippen LogP contribution in [0.5, 0.6) is 0 Å². The van der Waals surface area contributed by atoms with E-state index in [4.69, 9.17) is 4.98 Å². The van der Waals surface area contributed by atoms with E-state index in [1.54, 1.807) is 0 Å². The number of aliphatic hydroxyl groups excluding tert-OH is 1. The molecule has 2 aromatic rings. The number of benzene rings is 1. The van der Waals surface area contributed by atoms with Crippen molar-refractivity contribution >= 4 is 0 Å². The van der Waals surface area contributed by atoms with Crippen LogP contribution in [-0.2, 0) is 32.4 Å². The van der Waals surface area contributed by atoms with Gasteiger partial charge < -0.3 is 9.67 Å². The molecule has 0 saturated heterocycles. The number of imidazole rings is 1. The molecule has 3 nitrogen and oxygen atoms in total. The van der Waals surface area contributed by atoms with Crippen molar-refractivity contribution in [2.45, 2.75) is 51.7 Å². The van der Waals surface area contributed by atoms with Crippen molar-refractivity contribution in [1.82, 2.24) is 9.55 Å². The molecular formula is C17H20N2O. The van der Waals surface area contributed by atoms with E-state index in [2.05, 4.69) is 22.8 Å². The lowest BCUT2D eigenvalue weighted by Crippen LogP contribution is -2.12. The summed E-state index contributed by atoms with van der Waals surface area (Å²) in [4.78, 5) is 4.72. The molecule has 0 atom stereocenters. The first-order chi connectivity index (χ1) is 9.86. The van der Waals surface area contributed by atoms with Crippen molar-refractivity contribution in [3.63, 3.8) is 0 Å². The van der Waals surface area contributed by atoms with Crippen molar-refractivity contribution in [1.29, 1.82) is 0 Å². The number of rotatable bonds is 2. The van der Waals surface area contributed by atoms with Crippen LogP contribution in [0.1, 0.15) is 41.8 Å². The summed E-state index contributed by atoms with van der Waals surface area (Å²) >= 11 is 0. The Bertz CT molecular complexity index is 657. The molecule has 2 heterocycles. The SMILES string of the molecule is OCc1nc(-c2ccc3c(c2)CCC3)n2c1CCCC2. The van der Waals surface area contributed by atoms with E-state index < -0.39 is 0 Å². The third kappa shape index (κ3) is 1.80. The number of hydrogen-bond acceptors (Lipinski definition) is 2. The first-order valence-corrected chi connectivity index (χ1v) is 7.68. The Morgan fingerprint density at radius 2 is 1.95 bits per heavy atom. The van der Waals surface area contributed by atoms with Crippen molar-refractivity contribution in [2.75, 3.05) is 0 Å². The lowest BCUT2D eigenvalue weighted by atomic mass is 10.1. The molecule has 0 unspecified atom stereocenters. The fraction of sp³-hybridized carbons (Fsp3) is 0.471. The number of aryl methyl sites for hydroxylation is 2. The summed E-state index contributed by atoms with van der Waals surface area (Å²) in [6.45, 7) is 1.09. The van der Waals surface area contributed by atoms with Crippen LogP contribution in [0.25, 0.3) is 11.4 Å². The zero-order chi connectivity index (χ0) is 13.5. The Morgan fingerprint density at radius 1 is 1.05 bits per heavy atom. The smallest absolute Gasteiger partial charge is 0.140 e. The summed E-state index contributed by atoms with van der Waals surface area (Å²) < 4.78 is 2.33. The highest BCUT2D eigenvalue weighted by Crippen LogP contribution is 2.31. The molecule has 1 aromatic heterocycles. The number of aliphatic hydroxyl groups is 1. The van der Waals surface area contributed by atoms with Gasteiger partial charge in [0.1, 0.15) is 5.82 Å². The zero-order valence-corrected chi connectivity index (χ0v) is 11.7. The first-order valence-electron chi connectivity index (χ1n) is 7.68. The predicted octanol–water partition coefficient (Wildman–Crippen LogP) is 2.87. The maximum atomic E-state index is 9.53. The van der Waals surface area contributed by atoms with E-state index >= 15 is 0 Å². The van der Waals surface area contributed by atoms with Crippen molar-refractivity contribution in [2.24, 2.45) is 0 Å². The van der Waals surface area contributed by atoms with E-state index in [1.165, 1.54) is 54.5 Å². The van der Waals surface area contributed by atoms with Gasteiger partial charge in [-0.05, 0) is 55.7 Å². The summed E-state index contributed by atoms with van der Waals surface area (Å²) in [6.07, 6.45) is 7.17. The third-order valence-electron chi connectivity index (χ3n) is 4.71. The standard InChI is InChI=1S/C17H20N2O/c20-11-15-16-6-1-2-9-19(16)17(18-15)14-8-7-12-4-3-5-13(12)10-14/h7-8,10,20H,1-6,9,11H2. The van der Waals surface area contributed by atoms with Gasteiger partial charge in [0.2, 0.25) is 0 Å². The highest BCUT2D eigenvalue weighted by Gasteiger charge is 2.21. The molecule has 0 bridgehead atoms. The van der Waals surface area contributed by atoms with E-state index in [-0.39, 0.29) is 6.61 Å². The second-order valence-electron chi connectivity index (χ2n) is 5.93. The molecule has 20 heavy (non-hydrogen) atoms. The van der Waals surface area contributed by atoms with Crippen LogP contribution in [0, 0.1) is 0 Å². The summed E-state index contributed by atoms with van der Waals surface area (Å²) in [6, 6.07) is 6.78. The van der Waals surface area contributed by atoms with E-state index in [1.807, 2.05) is 0 Å². The normalized spacial score (nSPS) is 17.1. The average Bonchev–Trinajstić information content (AvgIpc) is 3.10. The Balaban J connectivity index is 1.84. The van der Waals surface area contributed by atoms with Crippen LogP contribution in [0.2, 0.25) is 0 Å². The Kier molecular flexibility index (Phi) is 2.88. The molecule has 3 heteroatoms. The fourth-order valence-corrected chi connectivity index (χ4v) is 3.68. The van der Waals surface area contributed by atoms with Crippen molar-refractivity contribution in [3.05, 3.63) is 40.7 Å². The third-order valence-corrected chi connectivity index (χ3v) is 4.71. The van der Waals surface area contributed by atoms with Gasteiger partial charge in [0, 0.05) is 17.8 Å². The van der Waals surface area contributed by atoms with Gasteiger partial charge in [-0.2, -0.15) is 0 Å². The van der Waals surface area contributed by atoms with Crippen LogP contribution in [0.3, 0.4) is 0 Å². The van der Waals surface area contributed by atoms with Crippen molar-refractivity contribution in [3.8, 4) is 11.4 Å². The minimum absolute atomic E-state index is 0.0558. The van der Waals surface area contributed by atoms with Crippen LogP contribution in [0.15, 0.2) is 18.2 Å². The topological polar surface area (TPSA) is 38.1 Å². The molecule has 0 spiro atoms. The van der Waals surface area contributed by atoms with Gasteiger partial charge in [-0.25, -0.2) is 4.98 Å². The summed E-state index contributed by atoms with van der Waals surface area (Å²) in [5.74, 6) is 1.05. The lowest BCUT2D eigenvalue weighted by Gasteiger charge is -2.17. The number of hydrogen-bond donors (Lipinski definition) is 1. The van der Waals surface area contributed by atoms with Crippen LogP contribution in [-0.4, -0.2) is 14.7 Å². The van der Waals surface area contributed by atoms with E-state index in [0.29, 0.717) is 0 Å². The minimum atomic E-state index is 0.0558. The molecule has 2 aliphatic rings. The average molecular weight is 268 g/mol. The molecule has 104 valence electrons.